The molecule has 5 N–H and O–H groups in total. The summed E-state index contributed by atoms with van der Waals surface area (Å²) in [4.78, 5) is 4.74. The lowest BCUT2D eigenvalue weighted by atomic mass is 9.81. The highest BCUT2D eigenvalue weighted by molar-refractivity contribution is 7.98. The summed E-state index contributed by atoms with van der Waals surface area (Å²) in [7, 11) is 0. The van der Waals surface area contributed by atoms with Crippen LogP contribution in [0.15, 0.2) is 77.1 Å². The third-order valence-corrected chi connectivity index (χ3v) is 8.15. The highest BCUT2D eigenvalue weighted by Gasteiger charge is 2.30. The van der Waals surface area contributed by atoms with Crippen molar-refractivity contribution in [1.29, 1.82) is 0 Å². The number of nitrogens with zero attached hydrogens (tertiary/aromatic N) is 3. The van der Waals surface area contributed by atoms with Crippen LogP contribution in [0.3, 0.4) is 0 Å². The van der Waals surface area contributed by atoms with Crippen LogP contribution in [-0.2, 0) is 11.2 Å². The van der Waals surface area contributed by atoms with E-state index in [2.05, 4.69) is 24.4 Å². The van der Waals surface area contributed by atoms with Crippen LogP contribution in [0.5, 0.6) is 0 Å². The molecule has 6 nitrogen and oxygen atoms in total. The van der Waals surface area contributed by atoms with E-state index in [1.165, 1.54) is 23.9 Å². The summed E-state index contributed by atoms with van der Waals surface area (Å²) in [5.74, 6) is 11.5. The van der Waals surface area contributed by atoms with Gasteiger partial charge in [0.2, 0.25) is 0 Å². The van der Waals surface area contributed by atoms with E-state index in [4.69, 9.17) is 51.5 Å². The average molecular weight is 578 g/mol. The topological polar surface area (TPSA) is 94.2 Å². The third kappa shape index (κ3) is 5.73. The Balaban J connectivity index is 1.76. The summed E-state index contributed by atoms with van der Waals surface area (Å²) in [5.41, 5.74) is 6.14. The van der Waals surface area contributed by atoms with Crippen molar-refractivity contribution < 1.29 is 4.39 Å². The van der Waals surface area contributed by atoms with E-state index in [-0.39, 0.29) is 5.82 Å². The van der Waals surface area contributed by atoms with Crippen molar-refractivity contribution in [2.75, 3.05) is 0 Å². The van der Waals surface area contributed by atoms with Crippen LogP contribution in [0, 0.1) is 5.82 Å². The number of rotatable bonds is 7. The molecule has 3 aromatic carbocycles. The van der Waals surface area contributed by atoms with Crippen LogP contribution in [0.2, 0.25) is 15.1 Å². The number of hydrogen-bond acceptors (Lipinski definition) is 5. The standard InChI is InChI=1S/C26H24Cl3FN6S/c1-26(2,17-4-10-21(28)22(29)12-17)23-13-33-25(36(23)19-7-5-18(30)6-8-19)37-14-16-11-15(3-9-20(16)27)24(34-31)35-32/h3-13H,14,31-32H2,1-2H3,(H,34,35). The van der Waals surface area contributed by atoms with E-state index in [1.54, 1.807) is 30.3 Å². The molecule has 0 atom stereocenters. The predicted molar refractivity (Wildman–Crippen MR) is 151 cm³/mol. The molecular formula is C26H24Cl3FN6S. The molecule has 1 heterocycles. The maximum absolute atomic E-state index is 13.8. The average Bonchev–Trinajstić information content (AvgIpc) is 3.31. The van der Waals surface area contributed by atoms with Crippen molar-refractivity contribution in [1.82, 2.24) is 15.0 Å². The number of halogens is 4. The molecule has 11 heteroatoms. The van der Waals surface area contributed by atoms with E-state index in [0.717, 1.165) is 22.5 Å². The molecule has 0 aliphatic rings. The molecule has 37 heavy (non-hydrogen) atoms. The van der Waals surface area contributed by atoms with Crippen LogP contribution in [0.1, 0.15) is 36.2 Å². The number of hydrogen-bond donors (Lipinski definition) is 3. The lowest BCUT2D eigenvalue weighted by molar-refractivity contribution is 0.591. The second kappa shape index (κ2) is 11.3. The van der Waals surface area contributed by atoms with Gasteiger partial charge in [0.25, 0.3) is 0 Å². The van der Waals surface area contributed by atoms with Gasteiger partial charge in [-0.1, -0.05) is 66.5 Å². The number of hydrazone groups is 1. The van der Waals surface area contributed by atoms with Gasteiger partial charge in [0.15, 0.2) is 11.0 Å². The van der Waals surface area contributed by atoms with Gasteiger partial charge < -0.3 is 11.3 Å². The molecule has 0 aliphatic carbocycles. The molecule has 0 aliphatic heterocycles. The number of amidine groups is 1. The van der Waals surface area contributed by atoms with Gasteiger partial charge in [-0.15, -0.1) is 0 Å². The van der Waals surface area contributed by atoms with Gasteiger partial charge in [-0.3, -0.25) is 4.57 Å². The smallest absolute Gasteiger partial charge is 0.173 e. The Kier molecular flexibility index (Phi) is 8.36. The Bertz CT molecular complexity index is 1450. The molecule has 0 bridgehead atoms. The zero-order valence-electron chi connectivity index (χ0n) is 20.0. The summed E-state index contributed by atoms with van der Waals surface area (Å²) in [6, 6.07) is 17.3. The second-order valence-corrected chi connectivity index (χ2v) is 10.9. The fourth-order valence-corrected chi connectivity index (χ4v) is 5.47. The summed E-state index contributed by atoms with van der Waals surface area (Å²) >= 11 is 20.5. The third-order valence-electron chi connectivity index (χ3n) is 6.04. The molecule has 0 spiro atoms. The molecule has 0 saturated carbocycles. The van der Waals surface area contributed by atoms with E-state index >= 15 is 0 Å². The van der Waals surface area contributed by atoms with Crippen LogP contribution < -0.4 is 17.1 Å². The predicted octanol–water partition coefficient (Wildman–Crippen LogP) is 6.67. The Hall–Kier alpha value is -2.75. The Morgan fingerprint density at radius 3 is 2.38 bits per heavy atom. The first-order valence-corrected chi connectivity index (χ1v) is 13.2. The molecule has 1 aromatic heterocycles. The lowest BCUT2D eigenvalue weighted by Crippen LogP contribution is -2.32. The minimum Gasteiger partial charge on any atom is -0.321 e. The first kappa shape index (κ1) is 27.3. The second-order valence-electron chi connectivity index (χ2n) is 8.71. The van der Waals surface area contributed by atoms with Crippen LogP contribution >= 0.6 is 46.6 Å². The molecule has 0 fully saturated rings. The zero-order chi connectivity index (χ0) is 26.7. The number of thioether (sulfide) groups is 1. The van der Waals surface area contributed by atoms with Gasteiger partial charge in [0, 0.05) is 27.4 Å². The van der Waals surface area contributed by atoms with Crippen molar-refractivity contribution in [2.45, 2.75) is 30.2 Å². The summed E-state index contributed by atoms with van der Waals surface area (Å²) in [5, 5.41) is 5.91. The Morgan fingerprint density at radius 2 is 1.73 bits per heavy atom. The molecule has 0 radical (unpaired) electrons. The summed E-state index contributed by atoms with van der Waals surface area (Å²) in [6.07, 6.45) is 1.82. The number of hydrazine groups is 1. The molecule has 0 amide bonds. The maximum Gasteiger partial charge on any atom is 0.173 e. The van der Waals surface area contributed by atoms with Crippen LogP contribution in [-0.4, -0.2) is 15.4 Å². The van der Waals surface area contributed by atoms with Crippen molar-refractivity contribution in [3.63, 3.8) is 0 Å². The quantitative estimate of drug-likeness (QED) is 0.0749. The van der Waals surface area contributed by atoms with E-state index in [1.807, 2.05) is 29.0 Å². The SMILES string of the molecule is CC(C)(c1ccc(Cl)c(Cl)c1)c1cnc(SCc2cc(/C(=N\N)NN)ccc2Cl)n1-c1ccc(F)cc1. The van der Waals surface area contributed by atoms with Gasteiger partial charge in [-0.05, 0) is 65.7 Å². The fraction of sp³-hybridized carbons (Fsp3) is 0.154. The highest BCUT2D eigenvalue weighted by atomic mass is 35.5. The van der Waals surface area contributed by atoms with Gasteiger partial charge in [-0.25, -0.2) is 15.2 Å². The maximum atomic E-state index is 13.8. The largest absolute Gasteiger partial charge is 0.321 e. The normalized spacial score (nSPS) is 12.1. The Morgan fingerprint density at radius 1 is 1.03 bits per heavy atom. The first-order valence-electron chi connectivity index (χ1n) is 11.1. The van der Waals surface area contributed by atoms with Gasteiger partial charge >= 0.3 is 0 Å². The number of imidazole rings is 1. The van der Waals surface area contributed by atoms with Gasteiger partial charge in [-0.2, -0.15) is 5.10 Å². The van der Waals surface area contributed by atoms with Gasteiger partial charge in [0.1, 0.15) is 5.82 Å². The molecule has 4 aromatic rings. The van der Waals surface area contributed by atoms with Crippen LogP contribution in [0.4, 0.5) is 4.39 Å². The minimum absolute atomic E-state index is 0.321. The van der Waals surface area contributed by atoms with E-state index < -0.39 is 5.41 Å². The van der Waals surface area contributed by atoms with Crippen molar-refractivity contribution in [3.05, 3.63) is 110 Å². The monoisotopic (exact) mass is 576 g/mol. The number of nitrogens with one attached hydrogen (secondary N) is 1. The van der Waals surface area contributed by atoms with E-state index in [9.17, 15) is 4.39 Å². The summed E-state index contributed by atoms with van der Waals surface area (Å²) < 4.78 is 15.8. The van der Waals surface area contributed by atoms with Crippen LogP contribution in [0.25, 0.3) is 5.69 Å². The van der Waals surface area contributed by atoms with Crippen molar-refractivity contribution in [3.8, 4) is 5.69 Å². The highest BCUT2D eigenvalue weighted by Crippen LogP contribution is 2.39. The lowest BCUT2D eigenvalue weighted by Gasteiger charge is -2.28. The number of benzene rings is 3. The molecular weight excluding hydrogens is 554 g/mol. The van der Waals surface area contributed by atoms with Crippen molar-refractivity contribution in [2.24, 2.45) is 16.8 Å². The molecule has 4 rings (SSSR count). The number of nitrogens with two attached hydrogens (primary N) is 2. The first-order chi connectivity index (χ1) is 17.6. The molecule has 192 valence electrons. The van der Waals surface area contributed by atoms with Gasteiger partial charge in [0.05, 0.1) is 21.9 Å². The zero-order valence-corrected chi connectivity index (χ0v) is 23.1. The Labute approximate surface area is 233 Å². The number of aromatic nitrogens is 2. The minimum atomic E-state index is -0.509. The van der Waals surface area contributed by atoms with E-state index in [0.29, 0.717) is 37.4 Å². The fourth-order valence-electron chi connectivity index (χ4n) is 3.92. The molecule has 0 unspecified atom stereocenters. The van der Waals surface area contributed by atoms with Crippen molar-refractivity contribution >= 4 is 52.4 Å². The molecule has 0 saturated heterocycles. The summed E-state index contributed by atoms with van der Waals surface area (Å²) in [6.45, 7) is 4.15.